The van der Waals surface area contributed by atoms with E-state index >= 15 is 0 Å². The third-order valence-electron chi connectivity index (χ3n) is 2.90. The molecule has 7 nitrogen and oxygen atoms in total. The summed E-state index contributed by atoms with van der Waals surface area (Å²) in [6, 6.07) is 10.2. The maximum atomic E-state index is 9.43. The van der Waals surface area contributed by atoms with Crippen LogP contribution in [0.15, 0.2) is 35.7 Å². The molecule has 2 atom stereocenters. The van der Waals surface area contributed by atoms with Crippen molar-refractivity contribution in [3.8, 4) is 0 Å². The van der Waals surface area contributed by atoms with Gasteiger partial charge >= 0.3 is 0 Å². The van der Waals surface area contributed by atoms with Crippen molar-refractivity contribution >= 4 is 6.79 Å². The molecule has 1 rings (SSSR count). The molecule has 1 aromatic rings. The Morgan fingerprint density at radius 2 is 1.56 bits per heavy atom. The average molecular weight is 390 g/mol. The summed E-state index contributed by atoms with van der Waals surface area (Å²) in [5.74, 6) is 0. The van der Waals surface area contributed by atoms with Gasteiger partial charge in [-0.2, -0.15) is 9.88 Å². The van der Waals surface area contributed by atoms with Crippen molar-refractivity contribution in [2.24, 2.45) is 5.34 Å². The molecule has 160 valence electrons. The minimum atomic E-state index is 0.00250. The van der Waals surface area contributed by atoms with Gasteiger partial charge in [-0.1, -0.05) is 70.9 Å². The van der Waals surface area contributed by atoms with Gasteiger partial charge in [0.2, 0.25) is 0 Å². The molecule has 0 amide bonds. The van der Waals surface area contributed by atoms with E-state index < -0.39 is 0 Å². The molecule has 27 heavy (non-hydrogen) atoms. The van der Waals surface area contributed by atoms with Crippen LogP contribution in [0.1, 0.15) is 72.0 Å². The molecule has 0 aliphatic heterocycles. The van der Waals surface area contributed by atoms with Crippen LogP contribution in [0.4, 0.5) is 0 Å². The molecule has 1 aromatic carbocycles. The van der Waals surface area contributed by atoms with E-state index in [1.807, 2.05) is 45.8 Å². The summed E-state index contributed by atoms with van der Waals surface area (Å²) >= 11 is 0. The quantitative estimate of drug-likeness (QED) is 0.362. The molecule has 0 radical (unpaired) electrons. The number of hydrogen-bond acceptors (Lipinski definition) is 7. The maximum absolute atomic E-state index is 9.43. The lowest BCUT2D eigenvalue weighted by Crippen LogP contribution is -2.09. The van der Waals surface area contributed by atoms with Crippen LogP contribution < -0.4 is 0 Å². The summed E-state index contributed by atoms with van der Waals surface area (Å²) in [6.07, 6.45) is 4.21. The minimum absolute atomic E-state index is 0.00250. The van der Waals surface area contributed by atoms with Crippen LogP contribution in [-0.4, -0.2) is 32.2 Å². The van der Waals surface area contributed by atoms with Gasteiger partial charge in [-0.15, -0.1) is 4.91 Å². The zero-order chi connectivity index (χ0) is 21.9. The Bertz CT molecular complexity index is 365. The highest BCUT2D eigenvalue weighted by molar-refractivity contribution is 5.16. The highest BCUT2D eigenvalue weighted by Crippen LogP contribution is 2.13. The number of ether oxygens (including phenoxy) is 1. The number of nitrogens with zero attached hydrogens (tertiary/aromatic N) is 1. The smallest absolute Gasteiger partial charge is 0.190 e. The zero-order valence-corrected chi connectivity index (χ0v) is 18.0. The first-order valence-corrected chi connectivity index (χ1v) is 9.07. The summed E-state index contributed by atoms with van der Waals surface area (Å²) in [6.45, 7) is 12.3. The summed E-state index contributed by atoms with van der Waals surface area (Å²) in [5.41, 5.74) is 1.23. The normalized spacial score (nSPS) is 10.5. The molecule has 0 aliphatic carbocycles. The number of aliphatic hydroxyl groups excluding tert-OH is 1. The molecular formula is C20H39NO6. The van der Waals surface area contributed by atoms with Gasteiger partial charge in [0, 0.05) is 14.2 Å². The lowest BCUT2D eigenvalue weighted by Gasteiger charge is -2.08. The van der Waals surface area contributed by atoms with Gasteiger partial charge in [-0.05, 0) is 25.3 Å². The van der Waals surface area contributed by atoms with Crippen molar-refractivity contribution in [3.63, 3.8) is 0 Å². The number of hydrogen-bond donors (Lipinski definition) is 1. The van der Waals surface area contributed by atoms with E-state index in [9.17, 15) is 4.91 Å². The van der Waals surface area contributed by atoms with Crippen LogP contribution in [-0.2, 0) is 19.4 Å². The van der Waals surface area contributed by atoms with Crippen molar-refractivity contribution < 1.29 is 24.5 Å². The Kier molecular flexibility index (Phi) is 38.8. The molecule has 0 fully saturated rings. The first-order valence-electron chi connectivity index (χ1n) is 9.07. The third-order valence-corrected chi connectivity index (χ3v) is 2.90. The van der Waals surface area contributed by atoms with Crippen molar-refractivity contribution in [1.82, 2.24) is 0 Å². The lowest BCUT2D eigenvalue weighted by atomic mass is 10.1. The Hall–Kier alpha value is -1.83. The van der Waals surface area contributed by atoms with Crippen molar-refractivity contribution in [3.05, 3.63) is 40.8 Å². The Labute approximate surface area is 164 Å². The summed E-state index contributed by atoms with van der Waals surface area (Å²) < 4.78 is 5.14. The SMILES string of the molecule is C=O.CCC.CCCC(CC)OON=O.CO.COC(C)c1ccccc1. The summed E-state index contributed by atoms with van der Waals surface area (Å²) in [7, 11) is 2.72. The van der Waals surface area contributed by atoms with E-state index in [1.54, 1.807) is 7.11 Å². The lowest BCUT2D eigenvalue weighted by molar-refractivity contribution is -0.328. The molecule has 0 heterocycles. The van der Waals surface area contributed by atoms with E-state index in [0.717, 1.165) is 26.4 Å². The van der Waals surface area contributed by atoms with E-state index in [0.29, 0.717) is 0 Å². The third kappa shape index (κ3) is 26.5. The van der Waals surface area contributed by atoms with Gasteiger partial charge < -0.3 is 14.6 Å². The molecular weight excluding hydrogens is 350 g/mol. The van der Waals surface area contributed by atoms with Crippen molar-refractivity contribution in [1.29, 1.82) is 0 Å². The fraction of sp³-hybridized carbons (Fsp3) is 0.650. The molecule has 0 aliphatic rings. The molecule has 0 saturated carbocycles. The second kappa shape index (κ2) is 31.9. The predicted octanol–water partition coefficient (Wildman–Crippen LogP) is 5.43. The Morgan fingerprint density at radius 3 is 1.89 bits per heavy atom. The highest BCUT2D eigenvalue weighted by atomic mass is 17.3. The predicted molar refractivity (Wildman–Crippen MR) is 110 cm³/mol. The zero-order valence-electron chi connectivity index (χ0n) is 18.0. The number of benzene rings is 1. The van der Waals surface area contributed by atoms with Crippen LogP contribution in [0.5, 0.6) is 0 Å². The standard InChI is InChI=1S/C9H12O.C6H13NO3.C3H8.CH4O.CH2O/c1-8(10-2)9-6-4-3-5-7-9;1-3-5-6(4-2)9-10-7-8;1-3-2;2*1-2/h3-8H,1-2H3;6H,3-5H2,1-2H3;3H2,1-2H3;2H,1H3;1H2. The first kappa shape index (κ1) is 32.8. The Morgan fingerprint density at radius 1 is 1.07 bits per heavy atom. The van der Waals surface area contributed by atoms with Gasteiger partial charge in [-0.25, -0.2) is 0 Å². The van der Waals surface area contributed by atoms with Gasteiger partial charge in [0.25, 0.3) is 0 Å². The van der Waals surface area contributed by atoms with Crippen LogP contribution in [0.25, 0.3) is 0 Å². The van der Waals surface area contributed by atoms with E-state index in [2.05, 4.69) is 41.2 Å². The number of carbonyl (C=O) groups is 1. The number of rotatable bonds is 8. The fourth-order valence-electron chi connectivity index (χ4n) is 1.58. The second-order valence-corrected chi connectivity index (χ2v) is 5.06. The van der Waals surface area contributed by atoms with Crippen LogP contribution in [0, 0.1) is 4.91 Å². The average Bonchev–Trinajstić information content (AvgIpc) is 2.75. The first-order chi connectivity index (χ1) is 13.1. The van der Waals surface area contributed by atoms with Gasteiger partial charge in [0.15, 0.2) is 5.34 Å². The van der Waals surface area contributed by atoms with Crippen molar-refractivity contribution in [2.45, 2.75) is 72.5 Å². The van der Waals surface area contributed by atoms with Crippen LogP contribution >= 0.6 is 0 Å². The number of methoxy groups -OCH3 is 1. The number of aliphatic hydroxyl groups is 1. The second-order valence-electron chi connectivity index (χ2n) is 5.06. The fourth-order valence-corrected chi connectivity index (χ4v) is 1.58. The van der Waals surface area contributed by atoms with Crippen molar-refractivity contribution in [2.75, 3.05) is 14.2 Å². The molecule has 1 N–H and O–H groups in total. The molecule has 2 unspecified atom stereocenters. The Balaban J connectivity index is -0.000000147. The van der Waals surface area contributed by atoms with Crippen LogP contribution in [0.3, 0.4) is 0 Å². The largest absolute Gasteiger partial charge is 0.400 e. The highest BCUT2D eigenvalue weighted by Gasteiger charge is 2.05. The topological polar surface area (TPSA) is 94.4 Å². The summed E-state index contributed by atoms with van der Waals surface area (Å²) in [4.78, 5) is 25.9. The van der Waals surface area contributed by atoms with E-state index in [4.69, 9.17) is 14.6 Å². The van der Waals surface area contributed by atoms with Gasteiger partial charge in [-0.3, -0.25) is 0 Å². The van der Waals surface area contributed by atoms with Crippen LogP contribution in [0.2, 0.25) is 0 Å². The maximum Gasteiger partial charge on any atom is 0.190 e. The number of carbonyl (C=O) groups excluding carboxylic acids is 1. The molecule has 0 bridgehead atoms. The molecule has 0 spiro atoms. The van der Waals surface area contributed by atoms with Gasteiger partial charge in [0.1, 0.15) is 12.9 Å². The monoisotopic (exact) mass is 389 g/mol. The molecule has 0 saturated heterocycles. The van der Waals surface area contributed by atoms with Gasteiger partial charge in [0.05, 0.1) is 6.10 Å². The molecule has 0 aromatic heterocycles. The minimum Gasteiger partial charge on any atom is -0.400 e. The summed E-state index contributed by atoms with van der Waals surface area (Å²) in [5, 5.41) is 9.13. The van der Waals surface area contributed by atoms with E-state index in [1.165, 1.54) is 12.0 Å². The van der Waals surface area contributed by atoms with E-state index in [-0.39, 0.29) is 12.2 Å². The molecule has 7 heteroatoms.